The number of carbonyl (C=O) groups is 1. The van der Waals surface area contributed by atoms with Gasteiger partial charge in [-0.25, -0.2) is 0 Å². The van der Waals surface area contributed by atoms with Crippen molar-refractivity contribution >= 4 is 23.1 Å². The number of likely N-dealkylation sites (tertiary alicyclic amines) is 1. The van der Waals surface area contributed by atoms with Gasteiger partial charge in [-0.2, -0.15) is 0 Å². The van der Waals surface area contributed by atoms with Crippen LogP contribution in [0.2, 0.25) is 0 Å². The molecule has 2 saturated heterocycles. The lowest BCUT2D eigenvalue weighted by Gasteiger charge is -2.34. The van der Waals surface area contributed by atoms with Gasteiger partial charge < -0.3 is 15.4 Å². The first-order chi connectivity index (χ1) is 8.18. The van der Waals surface area contributed by atoms with Crippen molar-refractivity contribution in [1.29, 1.82) is 0 Å². The smallest absolute Gasteiger partial charge is 0.225 e. The quantitative estimate of drug-likeness (QED) is 0.747. The molecular weight excluding hydrogens is 236 g/mol. The minimum absolute atomic E-state index is 0.171. The van der Waals surface area contributed by atoms with Gasteiger partial charge in [-0.05, 0) is 25.7 Å². The number of rotatable bonds is 2. The summed E-state index contributed by atoms with van der Waals surface area (Å²) in [6, 6.07) is 0. The summed E-state index contributed by atoms with van der Waals surface area (Å²) in [7, 11) is 0. The number of piperidine rings is 1. The van der Waals surface area contributed by atoms with E-state index in [1.807, 2.05) is 4.90 Å². The normalized spacial score (nSPS) is 23.6. The monoisotopic (exact) mass is 256 g/mol. The van der Waals surface area contributed by atoms with Crippen molar-refractivity contribution in [3.05, 3.63) is 0 Å². The van der Waals surface area contributed by atoms with Crippen LogP contribution in [0.4, 0.5) is 0 Å². The lowest BCUT2D eigenvalue weighted by molar-refractivity contribution is -0.139. The Kier molecular flexibility index (Phi) is 4.34. The number of amides is 1. The van der Waals surface area contributed by atoms with Crippen LogP contribution in [-0.4, -0.2) is 42.1 Å². The molecule has 2 aliphatic rings. The van der Waals surface area contributed by atoms with Crippen molar-refractivity contribution < 1.29 is 9.53 Å². The molecule has 0 aromatic carbocycles. The van der Waals surface area contributed by atoms with Gasteiger partial charge in [0.15, 0.2) is 0 Å². The van der Waals surface area contributed by atoms with E-state index >= 15 is 0 Å². The van der Waals surface area contributed by atoms with Crippen LogP contribution in [0.25, 0.3) is 0 Å². The fraction of sp³-hybridized carbons (Fsp3) is 0.833. The van der Waals surface area contributed by atoms with Crippen molar-refractivity contribution in [2.45, 2.75) is 25.7 Å². The van der Waals surface area contributed by atoms with Crippen LogP contribution in [0.1, 0.15) is 25.7 Å². The minimum atomic E-state index is 0.171. The van der Waals surface area contributed by atoms with Crippen LogP contribution < -0.4 is 5.73 Å². The zero-order valence-corrected chi connectivity index (χ0v) is 10.9. The lowest BCUT2D eigenvalue weighted by atomic mass is 9.93. The Bertz CT molecular complexity index is 295. The molecule has 2 aliphatic heterocycles. The summed E-state index contributed by atoms with van der Waals surface area (Å²) in [5, 5.41) is 0. The fourth-order valence-corrected chi connectivity index (χ4v) is 2.82. The molecule has 2 N–H and O–H groups in total. The predicted octanol–water partition coefficient (Wildman–Crippen LogP) is 0.938. The van der Waals surface area contributed by atoms with Crippen LogP contribution in [0, 0.1) is 11.8 Å². The summed E-state index contributed by atoms with van der Waals surface area (Å²) in [5.74, 6) is 0.795. The first-order valence-corrected chi connectivity index (χ1v) is 6.75. The highest BCUT2D eigenvalue weighted by molar-refractivity contribution is 7.80. The van der Waals surface area contributed by atoms with Crippen LogP contribution in [-0.2, 0) is 9.53 Å². The van der Waals surface area contributed by atoms with E-state index in [0.717, 1.165) is 52.0 Å². The Balaban J connectivity index is 1.83. The van der Waals surface area contributed by atoms with Crippen LogP contribution >= 0.6 is 12.2 Å². The highest BCUT2D eigenvalue weighted by Crippen LogP contribution is 2.22. The minimum Gasteiger partial charge on any atom is -0.393 e. The molecule has 0 aromatic rings. The molecule has 2 fully saturated rings. The molecule has 0 aromatic heterocycles. The molecule has 0 atom stereocenters. The topological polar surface area (TPSA) is 55.6 Å². The van der Waals surface area contributed by atoms with Gasteiger partial charge in [-0.1, -0.05) is 12.2 Å². The summed E-state index contributed by atoms with van der Waals surface area (Å²) in [4.78, 5) is 14.8. The number of hydrogen-bond donors (Lipinski definition) is 1. The second kappa shape index (κ2) is 5.78. The molecule has 2 rings (SSSR count). The largest absolute Gasteiger partial charge is 0.393 e. The first kappa shape index (κ1) is 12.8. The van der Waals surface area contributed by atoms with E-state index in [1.165, 1.54) is 0 Å². The van der Waals surface area contributed by atoms with E-state index in [0.29, 0.717) is 16.8 Å². The Morgan fingerprint density at radius 1 is 1.12 bits per heavy atom. The Morgan fingerprint density at radius 2 is 1.71 bits per heavy atom. The third kappa shape index (κ3) is 3.16. The highest BCUT2D eigenvalue weighted by atomic mass is 32.1. The number of thiocarbonyl (C=S) groups is 1. The summed E-state index contributed by atoms with van der Waals surface area (Å²) < 4.78 is 5.28. The van der Waals surface area contributed by atoms with Gasteiger partial charge >= 0.3 is 0 Å². The van der Waals surface area contributed by atoms with Crippen molar-refractivity contribution in [3.63, 3.8) is 0 Å². The summed E-state index contributed by atoms with van der Waals surface area (Å²) in [5.41, 5.74) is 5.64. The molecule has 0 spiro atoms. The number of carbonyl (C=O) groups excluding carboxylic acids is 1. The van der Waals surface area contributed by atoms with E-state index in [2.05, 4.69) is 0 Å². The first-order valence-electron chi connectivity index (χ1n) is 6.34. The summed E-state index contributed by atoms with van der Waals surface area (Å²) in [6.07, 6.45) is 3.58. The van der Waals surface area contributed by atoms with E-state index in [9.17, 15) is 4.79 Å². The molecule has 0 saturated carbocycles. The maximum atomic E-state index is 12.2. The zero-order valence-electron chi connectivity index (χ0n) is 10.1. The van der Waals surface area contributed by atoms with Crippen molar-refractivity contribution in [3.8, 4) is 0 Å². The number of hydrogen-bond acceptors (Lipinski definition) is 3. The van der Waals surface area contributed by atoms with Crippen LogP contribution in [0.15, 0.2) is 0 Å². The fourth-order valence-electron chi connectivity index (χ4n) is 2.59. The molecule has 2 heterocycles. The molecule has 5 heteroatoms. The maximum Gasteiger partial charge on any atom is 0.225 e. The van der Waals surface area contributed by atoms with Gasteiger partial charge in [0.25, 0.3) is 0 Å². The van der Waals surface area contributed by atoms with Crippen LogP contribution in [0.5, 0.6) is 0 Å². The molecule has 0 unspecified atom stereocenters. The third-order valence-electron chi connectivity index (χ3n) is 3.78. The van der Waals surface area contributed by atoms with E-state index in [1.54, 1.807) is 0 Å². The molecule has 0 aliphatic carbocycles. The van der Waals surface area contributed by atoms with Crippen molar-refractivity contribution in [2.24, 2.45) is 17.6 Å². The number of nitrogens with zero attached hydrogens (tertiary/aromatic N) is 1. The molecule has 1 amide bonds. The molecule has 96 valence electrons. The summed E-state index contributed by atoms with van der Waals surface area (Å²) in [6.45, 7) is 3.05. The zero-order chi connectivity index (χ0) is 12.3. The van der Waals surface area contributed by atoms with Gasteiger partial charge in [0.05, 0.1) is 4.99 Å². The second-order valence-corrected chi connectivity index (χ2v) is 5.36. The van der Waals surface area contributed by atoms with Gasteiger partial charge in [0.2, 0.25) is 5.91 Å². The number of ether oxygens (including phenoxy) is 1. The molecule has 4 nitrogen and oxygen atoms in total. The van der Waals surface area contributed by atoms with E-state index < -0.39 is 0 Å². The maximum absolute atomic E-state index is 12.2. The second-order valence-electron chi connectivity index (χ2n) is 4.89. The van der Waals surface area contributed by atoms with Crippen molar-refractivity contribution in [2.75, 3.05) is 26.3 Å². The summed E-state index contributed by atoms with van der Waals surface area (Å²) >= 11 is 5.00. The SMILES string of the molecule is NC(=S)C1CCN(C(=O)C2CCOCC2)CC1. The number of nitrogens with two attached hydrogens (primary N) is 1. The lowest BCUT2D eigenvalue weighted by Crippen LogP contribution is -2.44. The van der Waals surface area contributed by atoms with Gasteiger partial charge in [0.1, 0.15) is 0 Å². The average Bonchev–Trinajstić information content (AvgIpc) is 2.39. The molecule has 0 bridgehead atoms. The van der Waals surface area contributed by atoms with E-state index in [4.69, 9.17) is 22.7 Å². The van der Waals surface area contributed by atoms with Gasteiger partial charge in [-0.3, -0.25) is 4.79 Å². The Labute approximate surface area is 107 Å². The Morgan fingerprint density at radius 3 is 2.24 bits per heavy atom. The predicted molar refractivity (Wildman–Crippen MR) is 69.6 cm³/mol. The molecule has 17 heavy (non-hydrogen) atoms. The average molecular weight is 256 g/mol. The van der Waals surface area contributed by atoms with Crippen molar-refractivity contribution in [1.82, 2.24) is 4.90 Å². The Hall–Kier alpha value is -0.680. The highest BCUT2D eigenvalue weighted by Gasteiger charge is 2.29. The standard InChI is InChI=1S/C12H20N2O2S/c13-11(17)9-1-5-14(6-2-9)12(15)10-3-7-16-8-4-10/h9-10H,1-8H2,(H2,13,17). The van der Waals surface area contributed by atoms with Gasteiger partial charge in [-0.15, -0.1) is 0 Å². The molecule has 0 radical (unpaired) electrons. The van der Waals surface area contributed by atoms with Gasteiger partial charge in [0, 0.05) is 38.1 Å². The van der Waals surface area contributed by atoms with Crippen LogP contribution in [0.3, 0.4) is 0 Å². The third-order valence-corrected chi connectivity index (χ3v) is 4.11. The van der Waals surface area contributed by atoms with E-state index in [-0.39, 0.29) is 5.92 Å². The molecular formula is C12H20N2O2S.